The van der Waals surface area contributed by atoms with Gasteiger partial charge in [-0.15, -0.1) is 0 Å². The van der Waals surface area contributed by atoms with Gasteiger partial charge in [-0.25, -0.2) is 23.1 Å². The Balaban J connectivity index is 1.50. The molecule has 0 unspecified atom stereocenters. The topological polar surface area (TPSA) is 84.2 Å². The lowest BCUT2D eigenvalue weighted by Crippen LogP contribution is -2.35. The van der Waals surface area contributed by atoms with E-state index in [1.54, 1.807) is 16.4 Å². The van der Waals surface area contributed by atoms with Crippen molar-refractivity contribution in [3.63, 3.8) is 0 Å². The molecule has 1 atom stereocenters. The van der Waals surface area contributed by atoms with Crippen molar-refractivity contribution in [3.05, 3.63) is 72.2 Å². The molecule has 8 nitrogen and oxygen atoms in total. The largest absolute Gasteiger partial charge is 0.355 e. The molecular formula is C28H34N6O2S. The Labute approximate surface area is 219 Å². The zero-order valence-electron chi connectivity index (χ0n) is 21.7. The molecule has 37 heavy (non-hydrogen) atoms. The van der Waals surface area contributed by atoms with Crippen LogP contribution >= 0.6 is 0 Å². The van der Waals surface area contributed by atoms with Crippen molar-refractivity contribution < 1.29 is 8.42 Å². The third-order valence-corrected chi connectivity index (χ3v) is 8.91. The maximum Gasteiger partial charge on any atom is 0.243 e. The van der Waals surface area contributed by atoms with Gasteiger partial charge in [-0.3, -0.25) is 0 Å². The quantitative estimate of drug-likeness (QED) is 0.345. The van der Waals surface area contributed by atoms with E-state index in [0.717, 1.165) is 46.8 Å². The number of sulfonamides is 1. The summed E-state index contributed by atoms with van der Waals surface area (Å²) in [6.45, 7) is 8.42. The Bertz CT molecular complexity index is 1470. The number of aromatic nitrogens is 4. The molecule has 1 fully saturated rings. The smallest absolute Gasteiger partial charge is 0.243 e. The van der Waals surface area contributed by atoms with Crippen molar-refractivity contribution in [1.82, 2.24) is 24.1 Å². The van der Waals surface area contributed by atoms with Crippen molar-refractivity contribution in [1.29, 1.82) is 0 Å². The minimum absolute atomic E-state index is 0.206. The average molecular weight is 519 g/mol. The van der Waals surface area contributed by atoms with Gasteiger partial charge < -0.3 is 4.90 Å². The molecule has 9 heteroatoms. The van der Waals surface area contributed by atoms with Crippen LogP contribution in [-0.4, -0.2) is 58.7 Å². The number of benzene rings is 2. The van der Waals surface area contributed by atoms with Gasteiger partial charge in [0.2, 0.25) is 10.0 Å². The molecule has 1 saturated heterocycles. The van der Waals surface area contributed by atoms with Crippen LogP contribution < -0.4 is 4.90 Å². The molecule has 5 rings (SSSR count). The highest BCUT2D eigenvalue weighted by Gasteiger charge is 2.29. The fraction of sp³-hybridized carbons (Fsp3) is 0.393. The Hall–Kier alpha value is -3.30. The maximum absolute atomic E-state index is 13.4. The summed E-state index contributed by atoms with van der Waals surface area (Å²) >= 11 is 0. The highest BCUT2D eigenvalue weighted by molar-refractivity contribution is 7.89. The number of hydrogen-bond acceptors (Lipinski definition) is 6. The summed E-state index contributed by atoms with van der Waals surface area (Å²) in [6, 6.07) is 17.1. The van der Waals surface area contributed by atoms with Gasteiger partial charge in [-0.2, -0.15) is 9.40 Å². The van der Waals surface area contributed by atoms with Gasteiger partial charge in [-0.1, -0.05) is 56.2 Å². The lowest BCUT2D eigenvalue weighted by molar-refractivity contribution is 0.433. The van der Waals surface area contributed by atoms with E-state index in [1.807, 2.05) is 60.3 Å². The molecule has 0 aliphatic carbocycles. The van der Waals surface area contributed by atoms with Crippen LogP contribution in [-0.2, 0) is 10.0 Å². The van der Waals surface area contributed by atoms with E-state index in [-0.39, 0.29) is 5.92 Å². The Kier molecular flexibility index (Phi) is 7.26. The van der Waals surface area contributed by atoms with E-state index in [4.69, 9.17) is 9.97 Å². The van der Waals surface area contributed by atoms with Crippen LogP contribution in [0.25, 0.3) is 16.7 Å². The summed E-state index contributed by atoms with van der Waals surface area (Å²) in [6.07, 6.45) is 4.58. The number of rotatable bonds is 7. The molecule has 3 heterocycles. The molecular weight excluding hydrogens is 484 g/mol. The Morgan fingerprint density at radius 1 is 0.946 bits per heavy atom. The predicted octanol–water partition coefficient (Wildman–Crippen LogP) is 4.93. The van der Waals surface area contributed by atoms with Crippen LogP contribution in [0.3, 0.4) is 0 Å². The predicted molar refractivity (Wildman–Crippen MR) is 147 cm³/mol. The second-order valence-corrected chi connectivity index (χ2v) is 11.7. The van der Waals surface area contributed by atoms with Gasteiger partial charge in [0, 0.05) is 32.1 Å². The molecule has 0 saturated carbocycles. The summed E-state index contributed by atoms with van der Waals surface area (Å²) in [5, 5.41) is 5.55. The lowest BCUT2D eigenvalue weighted by atomic mass is 10.1. The van der Waals surface area contributed by atoms with Gasteiger partial charge >= 0.3 is 0 Å². The third kappa shape index (κ3) is 5.10. The first-order valence-corrected chi connectivity index (χ1v) is 14.5. The fourth-order valence-corrected chi connectivity index (χ4v) is 6.37. The van der Waals surface area contributed by atoms with Crippen LogP contribution in [0.2, 0.25) is 0 Å². The second-order valence-electron chi connectivity index (χ2n) is 9.78. The van der Waals surface area contributed by atoms with E-state index in [2.05, 4.69) is 23.8 Å². The van der Waals surface area contributed by atoms with Crippen LogP contribution in [0.15, 0.2) is 65.7 Å². The van der Waals surface area contributed by atoms with Crippen molar-refractivity contribution in [3.8, 4) is 5.69 Å². The SMILES string of the molecule is CCC[C@H](C)c1nc(N2CCCN(S(=O)(=O)c3ccc(C)cc3)CC2)c2cnn(-c3ccccc3)c2n1. The van der Waals surface area contributed by atoms with Crippen molar-refractivity contribution in [2.75, 3.05) is 31.1 Å². The normalized spacial score (nSPS) is 16.1. The van der Waals surface area contributed by atoms with E-state index < -0.39 is 10.0 Å². The van der Waals surface area contributed by atoms with Crippen molar-refractivity contribution in [2.45, 2.75) is 50.8 Å². The molecule has 0 radical (unpaired) electrons. The zero-order chi connectivity index (χ0) is 26.0. The summed E-state index contributed by atoms with van der Waals surface area (Å²) in [5.74, 6) is 1.84. The van der Waals surface area contributed by atoms with E-state index >= 15 is 0 Å². The first-order valence-electron chi connectivity index (χ1n) is 13.0. The van der Waals surface area contributed by atoms with Crippen molar-refractivity contribution in [2.24, 2.45) is 0 Å². The van der Waals surface area contributed by atoms with Crippen LogP contribution in [0.5, 0.6) is 0 Å². The number of nitrogens with zero attached hydrogens (tertiary/aromatic N) is 6. The molecule has 1 aliphatic heterocycles. The minimum Gasteiger partial charge on any atom is -0.355 e. The monoisotopic (exact) mass is 518 g/mol. The Morgan fingerprint density at radius 3 is 2.43 bits per heavy atom. The lowest BCUT2D eigenvalue weighted by Gasteiger charge is -2.24. The first kappa shape index (κ1) is 25.4. The molecule has 2 aromatic carbocycles. The molecule has 0 bridgehead atoms. The number of fused-ring (bicyclic) bond motifs is 1. The number of anilines is 1. The minimum atomic E-state index is -3.55. The van der Waals surface area contributed by atoms with Crippen LogP contribution in [0.4, 0.5) is 5.82 Å². The van der Waals surface area contributed by atoms with Gasteiger partial charge in [0.05, 0.1) is 22.2 Å². The summed E-state index contributed by atoms with van der Waals surface area (Å²) < 4.78 is 30.2. The second kappa shape index (κ2) is 10.6. The molecule has 1 aliphatic rings. The van der Waals surface area contributed by atoms with Gasteiger partial charge in [0.15, 0.2) is 5.65 Å². The van der Waals surface area contributed by atoms with Crippen LogP contribution in [0.1, 0.15) is 50.4 Å². The number of para-hydroxylation sites is 1. The average Bonchev–Trinajstić information content (AvgIpc) is 3.17. The van der Waals surface area contributed by atoms with E-state index in [0.29, 0.717) is 37.5 Å². The maximum atomic E-state index is 13.4. The third-order valence-electron chi connectivity index (χ3n) is 7.00. The highest BCUT2D eigenvalue weighted by atomic mass is 32.2. The Morgan fingerprint density at radius 2 is 1.70 bits per heavy atom. The van der Waals surface area contributed by atoms with E-state index in [9.17, 15) is 8.42 Å². The van der Waals surface area contributed by atoms with Gasteiger partial charge in [-0.05, 0) is 44.0 Å². The van der Waals surface area contributed by atoms with Crippen molar-refractivity contribution >= 4 is 26.9 Å². The van der Waals surface area contributed by atoms with Crippen LogP contribution in [0, 0.1) is 6.92 Å². The summed E-state index contributed by atoms with van der Waals surface area (Å²) in [7, 11) is -3.55. The first-order chi connectivity index (χ1) is 17.9. The van der Waals surface area contributed by atoms with E-state index in [1.165, 1.54) is 0 Å². The van der Waals surface area contributed by atoms with Gasteiger partial charge in [0.25, 0.3) is 0 Å². The molecule has 0 amide bonds. The molecule has 194 valence electrons. The molecule has 0 spiro atoms. The summed E-state index contributed by atoms with van der Waals surface area (Å²) in [5.41, 5.74) is 2.77. The van der Waals surface area contributed by atoms with Gasteiger partial charge in [0.1, 0.15) is 11.6 Å². The molecule has 4 aromatic rings. The molecule has 2 aromatic heterocycles. The standard InChI is InChI=1S/C28H34N6O2S/c1-4-9-22(3)26-30-27(25-20-29-34(28(25)31-26)23-10-6-5-7-11-23)32-16-8-17-33(19-18-32)37(35,36)24-14-12-21(2)13-15-24/h5-7,10-15,20,22H,4,8-9,16-19H2,1-3H3/t22-/m0/s1. The zero-order valence-corrected chi connectivity index (χ0v) is 22.5. The number of aryl methyl sites for hydroxylation is 1. The fourth-order valence-electron chi connectivity index (χ4n) is 4.90. The molecule has 0 N–H and O–H groups in total. The highest BCUT2D eigenvalue weighted by Crippen LogP contribution is 2.30. The summed E-state index contributed by atoms with van der Waals surface area (Å²) in [4.78, 5) is 12.6. The number of hydrogen-bond donors (Lipinski definition) is 0.